The molecule has 15 heavy (non-hydrogen) atoms. The number of carbonyl (C=O) groups excluding carboxylic acids is 1. The van der Waals surface area contributed by atoms with Crippen molar-refractivity contribution < 1.29 is 14.3 Å². The van der Waals surface area contributed by atoms with Gasteiger partial charge in [-0.05, 0) is 25.2 Å². The van der Waals surface area contributed by atoms with Crippen LogP contribution in [0.2, 0.25) is 0 Å². The van der Waals surface area contributed by atoms with Gasteiger partial charge in [0.25, 0.3) is 0 Å². The summed E-state index contributed by atoms with van der Waals surface area (Å²) < 4.78 is 9.98. The second-order valence-electron chi connectivity index (χ2n) is 4.55. The SMILES string of the molecule is COC(=O)C(C)NCC1(C)CCOCC1. The lowest BCUT2D eigenvalue weighted by Gasteiger charge is -2.34. The molecule has 88 valence electrons. The summed E-state index contributed by atoms with van der Waals surface area (Å²) in [6.07, 6.45) is 2.10. The largest absolute Gasteiger partial charge is 0.468 e. The minimum atomic E-state index is -0.227. The zero-order valence-corrected chi connectivity index (χ0v) is 9.84. The van der Waals surface area contributed by atoms with Crippen molar-refractivity contribution in [1.82, 2.24) is 5.32 Å². The van der Waals surface area contributed by atoms with E-state index in [9.17, 15) is 4.79 Å². The molecular weight excluding hydrogens is 194 g/mol. The summed E-state index contributed by atoms with van der Waals surface area (Å²) >= 11 is 0. The van der Waals surface area contributed by atoms with E-state index in [1.165, 1.54) is 7.11 Å². The van der Waals surface area contributed by atoms with Crippen LogP contribution in [0.4, 0.5) is 0 Å². The van der Waals surface area contributed by atoms with Crippen LogP contribution in [0.3, 0.4) is 0 Å². The third-order valence-corrected chi connectivity index (χ3v) is 3.09. The molecule has 0 amide bonds. The molecule has 1 aliphatic heterocycles. The van der Waals surface area contributed by atoms with Crippen molar-refractivity contribution in [2.45, 2.75) is 32.7 Å². The van der Waals surface area contributed by atoms with Gasteiger partial charge in [0.2, 0.25) is 0 Å². The van der Waals surface area contributed by atoms with Gasteiger partial charge in [0.05, 0.1) is 7.11 Å². The normalized spacial score (nSPS) is 22.1. The van der Waals surface area contributed by atoms with Crippen molar-refractivity contribution in [1.29, 1.82) is 0 Å². The summed E-state index contributed by atoms with van der Waals surface area (Å²) in [6, 6.07) is -0.227. The number of ether oxygens (including phenoxy) is 2. The van der Waals surface area contributed by atoms with Crippen LogP contribution in [0.5, 0.6) is 0 Å². The summed E-state index contributed by atoms with van der Waals surface area (Å²) in [7, 11) is 1.41. The molecule has 0 aromatic heterocycles. The van der Waals surface area contributed by atoms with Gasteiger partial charge in [0.1, 0.15) is 6.04 Å². The smallest absolute Gasteiger partial charge is 0.322 e. The molecule has 1 rings (SSSR count). The van der Waals surface area contributed by atoms with Crippen LogP contribution >= 0.6 is 0 Å². The zero-order valence-electron chi connectivity index (χ0n) is 9.84. The molecular formula is C11H21NO3. The number of hydrogen-bond acceptors (Lipinski definition) is 4. The van der Waals surface area contributed by atoms with E-state index in [0.717, 1.165) is 32.6 Å². The Balaban J connectivity index is 2.31. The van der Waals surface area contributed by atoms with Crippen molar-refractivity contribution in [2.24, 2.45) is 5.41 Å². The van der Waals surface area contributed by atoms with Crippen LogP contribution in [0.15, 0.2) is 0 Å². The minimum Gasteiger partial charge on any atom is -0.468 e. The van der Waals surface area contributed by atoms with Crippen molar-refractivity contribution in [3.63, 3.8) is 0 Å². The van der Waals surface area contributed by atoms with E-state index >= 15 is 0 Å². The highest BCUT2D eigenvalue weighted by Gasteiger charge is 2.28. The first kappa shape index (κ1) is 12.5. The first-order valence-corrected chi connectivity index (χ1v) is 5.46. The molecule has 0 bridgehead atoms. The molecule has 4 nitrogen and oxygen atoms in total. The van der Waals surface area contributed by atoms with Gasteiger partial charge >= 0.3 is 5.97 Å². The summed E-state index contributed by atoms with van der Waals surface area (Å²) in [5.41, 5.74) is 0.251. The van der Waals surface area contributed by atoms with Gasteiger partial charge in [0, 0.05) is 19.8 Å². The Bertz CT molecular complexity index is 212. The minimum absolute atomic E-state index is 0.203. The number of hydrogen-bond donors (Lipinski definition) is 1. The molecule has 0 spiro atoms. The third kappa shape index (κ3) is 3.80. The summed E-state index contributed by atoms with van der Waals surface area (Å²) in [4.78, 5) is 11.2. The van der Waals surface area contributed by atoms with Crippen molar-refractivity contribution in [3.05, 3.63) is 0 Å². The number of esters is 1. The van der Waals surface area contributed by atoms with Gasteiger partial charge in [-0.2, -0.15) is 0 Å². The van der Waals surface area contributed by atoms with E-state index in [1.54, 1.807) is 0 Å². The standard InChI is InChI=1S/C11H21NO3/c1-9(10(13)14-3)12-8-11(2)4-6-15-7-5-11/h9,12H,4-8H2,1-3H3. The lowest BCUT2D eigenvalue weighted by atomic mass is 9.82. The fourth-order valence-corrected chi connectivity index (χ4v) is 1.70. The van der Waals surface area contributed by atoms with Gasteiger partial charge in [-0.1, -0.05) is 6.92 Å². The molecule has 1 aliphatic rings. The lowest BCUT2D eigenvalue weighted by Crippen LogP contribution is -2.43. The van der Waals surface area contributed by atoms with E-state index in [4.69, 9.17) is 4.74 Å². The second-order valence-corrected chi connectivity index (χ2v) is 4.55. The third-order valence-electron chi connectivity index (χ3n) is 3.09. The highest BCUT2D eigenvalue weighted by Crippen LogP contribution is 2.28. The Kier molecular flexibility index (Phi) is 4.54. The lowest BCUT2D eigenvalue weighted by molar-refractivity contribution is -0.142. The van der Waals surface area contributed by atoms with Gasteiger partial charge in [0.15, 0.2) is 0 Å². The Hall–Kier alpha value is -0.610. The van der Waals surface area contributed by atoms with E-state index in [0.29, 0.717) is 0 Å². The number of rotatable bonds is 4. The van der Waals surface area contributed by atoms with Crippen LogP contribution in [-0.2, 0) is 14.3 Å². The molecule has 1 heterocycles. The highest BCUT2D eigenvalue weighted by molar-refractivity contribution is 5.75. The quantitative estimate of drug-likeness (QED) is 0.709. The average molecular weight is 215 g/mol. The topological polar surface area (TPSA) is 47.6 Å². The van der Waals surface area contributed by atoms with Gasteiger partial charge < -0.3 is 14.8 Å². The monoisotopic (exact) mass is 215 g/mol. The van der Waals surface area contributed by atoms with Gasteiger partial charge in [-0.3, -0.25) is 4.79 Å². The number of carbonyl (C=O) groups is 1. The highest BCUT2D eigenvalue weighted by atomic mass is 16.5. The second kappa shape index (κ2) is 5.47. The van der Waals surface area contributed by atoms with Crippen LogP contribution in [-0.4, -0.2) is 38.9 Å². The average Bonchev–Trinajstić information content (AvgIpc) is 2.26. The van der Waals surface area contributed by atoms with E-state index in [-0.39, 0.29) is 17.4 Å². The maximum atomic E-state index is 11.2. The maximum Gasteiger partial charge on any atom is 0.322 e. The molecule has 1 fully saturated rings. The van der Waals surface area contributed by atoms with Crippen LogP contribution in [0, 0.1) is 5.41 Å². The Morgan fingerprint density at radius 3 is 2.67 bits per heavy atom. The van der Waals surface area contributed by atoms with Crippen molar-refractivity contribution in [3.8, 4) is 0 Å². The molecule has 0 aliphatic carbocycles. The molecule has 1 saturated heterocycles. The fourth-order valence-electron chi connectivity index (χ4n) is 1.70. The number of methoxy groups -OCH3 is 1. The fraction of sp³-hybridized carbons (Fsp3) is 0.909. The molecule has 0 radical (unpaired) electrons. The van der Waals surface area contributed by atoms with E-state index < -0.39 is 0 Å². The van der Waals surface area contributed by atoms with Crippen molar-refractivity contribution >= 4 is 5.97 Å². The summed E-state index contributed by atoms with van der Waals surface area (Å²) in [6.45, 7) is 6.54. The molecule has 1 N–H and O–H groups in total. The Morgan fingerprint density at radius 2 is 2.13 bits per heavy atom. The molecule has 1 unspecified atom stereocenters. The first-order valence-electron chi connectivity index (χ1n) is 5.46. The Morgan fingerprint density at radius 1 is 1.53 bits per heavy atom. The molecule has 0 aromatic rings. The molecule has 4 heteroatoms. The zero-order chi connectivity index (χ0) is 11.3. The molecule has 0 aromatic carbocycles. The summed E-state index contributed by atoms with van der Waals surface area (Å²) in [5.74, 6) is -0.203. The summed E-state index contributed by atoms with van der Waals surface area (Å²) in [5, 5.41) is 3.21. The molecule has 0 saturated carbocycles. The predicted molar refractivity (Wildman–Crippen MR) is 57.6 cm³/mol. The van der Waals surface area contributed by atoms with E-state index in [1.807, 2.05) is 6.92 Å². The molecule has 1 atom stereocenters. The van der Waals surface area contributed by atoms with E-state index in [2.05, 4.69) is 17.0 Å². The van der Waals surface area contributed by atoms with Crippen molar-refractivity contribution in [2.75, 3.05) is 26.9 Å². The van der Waals surface area contributed by atoms with Crippen LogP contribution < -0.4 is 5.32 Å². The maximum absolute atomic E-state index is 11.2. The van der Waals surface area contributed by atoms with Crippen LogP contribution in [0.25, 0.3) is 0 Å². The van der Waals surface area contributed by atoms with Gasteiger partial charge in [-0.15, -0.1) is 0 Å². The van der Waals surface area contributed by atoms with Gasteiger partial charge in [-0.25, -0.2) is 0 Å². The van der Waals surface area contributed by atoms with Crippen LogP contribution in [0.1, 0.15) is 26.7 Å². The first-order chi connectivity index (χ1) is 7.07. The number of nitrogens with one attached hydrogen (secondary N) is 1. The Labute approximate surface area is 91.3 Å². The predicted octanol–water partition coefficient (Wildman–Crippen LogP) is 0.954.